The molecule has 108 valence electrons. The maximum Gasteiger partial charge on any atom is 0.127 e. The summed E-state index contributed by atoms with van der Waals surface area (Å²) in [5.74, 6) is -0.181. The zero-order valence-corrected chi connectivity index (χ0v) is 13.4. The van der Waals surface area contributed by atoms with E-state index < -0.39 is 0 Å². The van der Waals surface area contributed by atoms with E-state index in [1.807, 2.05) is 29.6 Å². The Balaban J connectivity index is 1.82. The van der Waals surface area contributed by atoms with E-state index in [2.05, 4.69) is 11.4 Å². The fourth-order valence-electron chi connectivity index (χ4n) is 2.13. The number of hydrogen-bond acceptors (Lipinski definition) is 3. The molecule has 2 aromatic heterocycles. The van der Waals surface area contributed by atoms with Crippen molar-refractivity contribution >= 4 is 34.3 Å². The van der Waals surface area contributed by atoms with Gasteiger partial charge in [0.15, 0.2) is 0 Å². The van der Waals surface area contributed by atoms with E-state index in [-0.39, 0.29) is 11.9 Å². The van der Waals surface area contributed by atoms with Crippen LogP contribution in [0.25, 0.3) is 0 Å². The molecular weight excluding hydrogens is 325 g/mol. The van der Waals surface area contributed by atoms with E-state index in [4.69, 9.17) is 11.6 Å². The molecule has 0 saturated carbocycles. The number of nitrogens with one attached hydrogen (secondary N) is 1. The number of halogens is 2. The summed E-state index contributed by atoms with van der Waals surface area (Å²) in [4.78, 5) is 2.34. The highest BCUT2D eigenvalue weighted by Gasteiger charge is 2.17. The normalized spacial score (nSPS) is 12.5. The summed E-state index contributed by atoms with van der Waals surface area (Å²) < 4.78 is 14.5. The second-order valence-corrected chi connectivity index (χ2v) is 7.29. The van der Waals surface area contributed by atoms with Crippen molar-refractivity contribution in [3.05, 3.63) is 79.4 Å². The Bertz CT molecular complexity index is 709. The fourth-order valence-corrected chi connectivity index (χ4v) is 4.18. The Labute approximate surface area is 136 Å². The molecule has 3 rings (SSSR count). The fraction of sp³-hybridized carbons (Fsp3) is 0.125. The van der Waals surface area contributed by atoms with E-state index in [9.17, 15) is 4.39 Å². The molecule has 0 radical (unpaired) electrons. The van der Waals surface area contributed by atoms with Crippen LogP contribution < -0.4 is 5.32 Å². The van der Waals surface area contributed by atoms with Gasteiger partial charge in [-0.15, -0.1) is 22.7 Å². The monoisotopic (exact) mass is 337 g/mol. The minimum Gasteiger partial charge on any atom is -0.301 e. The molecule has 1 unspecified atom stereocenters. The first-order chi connectivity index (χ1) is 10.2. The lowest BCUT2D eigenvalue weighted by atomic mass is 10.1. The number of hydrogen-bond donors (Lipinski definition) is 1. The molecule has 0 amide bonds. The molecule has 0 aliphatic heterocycles. The predicted molar refractivity (Wildman–Crippen MR) is 88.7 cm³/mol. The van der Waals surface area contributed by atoms with Crippen LogP contribution in [0.1, 0.15) is 21.4 Å². The summed E-state index contributed by atoms with van der Waals surface area (Å²) in [5, 5.41) is 5.48. The Kier molecular flexibility index (Phi) is 4.70. The topological polar surface area (TPSA) is 12.0 Å². The quantitative estimate of drug-likeness (QED) is 0.650. The van der Waals surface area contributed by atoms with Gasteiger partial charge in [0.2, 0.25) is 0 Å². The lowest BCUT2D eigenvalue weighted by molar-refractivity contribution is 0.568. The third kappa shape index (κ3) is 3.52. The van der Waals surface area contributed by atoms with Gasteiger partial charge in [0.05, 0.1) is 10.4 Å². The summed E-state index contributed by atoms with van der Waals surface area (Å²) in [6, 6.07) is 14.9. The van der Waals surface area contributed by atoms with Crippen LogP contribution in [0.5, 0.6) is 0 Å². The van der Waals surface area contributed by atoms with Gasteiger partial charge < -0.3 is 5.32 Å². The van der Waals surface area contributed by atoms with Crippen molar-refractivity contribution in [2.45, 2.75) is 12.6 Å². The molecule has 1 atom stereocenters. The van der Waals surface area contributed by atoms with E-state index in [0.29, 0.717) is 12.1 Å². The first kappa shape index (κ1) is 14.7. The Morgan fingerprint density at radius 3 is 2.57 bits per heavy atom. The summed E-state index contributed by atoms with van der Waals surface area (Å²) in [6.07, 6.45) is 0. The maximum absolute atomic E-state index is 13.7. The lowest BCUT2D eigenvalue weighted by Crippen LogP contribution is -2.20. The van der Waals surface area contributed by atoms with Gasteiger partial charge in [-0.05, 0) is 29.6 Å². The average Bonchev–Trinajstić information content (AvgIpc) is 3.13. The molecule has 0 fully saturated rings. The highest BCUT2D eigenvalue weighted by atomic mass is 35.5. The average molecular weight is 338 g/mol. The Morgan fingerprint density at radius 2 is 1.90 bits per heavy atom. The summed E-state index contributed by atoms with van der Waals surface area (Å²) >= 11 is 9.27. The minimum atomic E-state index is -0.181. The molecule has 1 aromatic carbocycles. The second-order valence-electron chi connectivity index (χ2n) is 4.56. The van der Waals surface area contributed by atoms with Crippen LogP contribution in [0, 0.1) is 5.82 Å². The molecule has 2 heterocycles. The largest absolute Gasteiger partial charge is 0.301 e. The molecule has 0 saturated heterocycles. The number of benzene rings is 1. The number of rotatable bonds is 5. The molecule has 0 aliphatic rings. The third-order valence-electron chi connectivity index (χ3n) is 3.16. The summed E-state index contributed by atoms with van der Waals surface area (Å²) in [6.45, 7) is 0.477. The molecule has 3 aromatic rings. The van der Waals surface area contributed by atoms with Crippen LogP contribution in [0.2, 0.25) is 4.34 Å². The predicted octanol–water partition coefficient (Wildman–Crippen LogP) is 5.48. The van der Waals surface area contributed by atoms with Gasteiger partial charge in [-0.25, -0.2) is 4.39 Å². The molecule has 0 bridgehead atoms. The maximum atomic E-state index is 13.7. The van der Waals surface area contributed by atoms with E-state index in [1.54, 1.807) is 34.8 Å². The van der Waals surface area contributed by atoms with Crippen LogP contribution >= 0.6 is 34.3 Å². The van der Waals surface area contributed by atoms with Gasteiger partial charge in [-0.1, -0.05) is 35.9 Å². The molecule has 1 nitrogen and oxygen atoms in total. The molecular formula is C16H13ClFNS2. The van der Waals surface area contributed by atoms with Gasteiger partial charge in [0.1, 0.15) is 5.82 Å². The van der Waals surface area contributed by atoms with Crippen molar-refractivity contribution in [3.63, 3.8) is 0 Å². The summed E-state index contributed by atoms with van der Waals surface area (Å²) in [7, 11) is 0. The van der Waals surface area contributed by atoms with Crippen molar-refractivity contribution < 1.29 is 4.39 Å². The van der Waals surface area contributed by atoms with Crippen molar-refractivity contribution in [1.82, 2.24) is 5.32 Å². The van der Waals surface area contributed by atoms with Crippen molar-refractivity contribution in [1.29, 1.82) is 0 Å². The zero-order chi connectivity index (χ0) is 14.7. The first-order valence-corrected chi connectivity index (χ1v) is 8.57. The van der Waals surface area contributed by atoms with E-state index in [0.717, 1.165) is 9.21 Å². The van der Waals surface area contributed by atoms with E-state index in [1.165, 1.54) is 10.9 Å². The van der Waals surface area contributed by atoms with Crippen LogP contribution in [-0.4, -0.2) is 0 Å². The Morgan fingerprint density at radius 1 is 1.05 bits per heavy atom. The van der Waals surface area contributed by atoms with Crippen LogP contribution in [0.15, 0.2) is 53.9 Å². The lowest BCUT2D eigenvalue weighted by Gasteiger charge is -2.16. The van der Waals surface area contributed by atoms with Crippen LogP contribution in [0.3, 0.4) is 0 Å². The Hall–Kier alpha value is -1.20. The first-order valence-electron chi connectivity index (χ1n) is 6.49. The van der Waals surface area contributed by atoms with E-state index >= 15 is 0 Å². The summed E-state index contributed by atoms with van der Waals surface area (Å²) in [5.41, 5.74) is 0.668. The molecule has 0 spiro atoms. The second kappa shape index (κ2) is 6.71. The highest BCUT2D eigenvalue weighted by Crippen LogP contribution is 2.33. The third-order valence-corrected chi connectivity index (χ3v) is 5.39. The highest BCUT2D eigenvalue weighted by molar-refractivity contribution is 7.16. The smallest absolute Gasteiger partial charge is 0.127 e. The molecule has 21 heavy (non-hydrogen) atoms. The van der Waals surface area contributed by atoms with Gasteiger partial charge in [0, 0.05) is 21.9 Å². The van der Waals surface area contributed by atoms with Gasteiger partial charge >= 0.3 is 0 Å². The minimum absolute atomic E-state index is 0.0436. The number of thiophene rings is 2. The van der Waals surface area contributed by atoms with Gasteiger partial charge in [0.25, 0.3) is 0 Å². The molecule has 0 aliphatic carbocycles. The van der Waals surface area contributed by atoms with Crippen molar-refractivity contribution in [3.8, 4) is 0 Å². The van der Waals surface area contributed by atoms with Gasteiger partial charge in [-0.3, -0.25) is 0 Å². The van der Waals surface area contributed by atoms with Crippen molar-refractivity contribution in [2.75, 3.05) is 0 Å². The SMILES string of the molecule is Fc1ccccc1CNC(c1cccs1)c1ccc(Cl)s1. The van der Waals surface area contributed by atoms with Crippen molar-refractivity contribution in [2.24, 2.45) is 0 Å². The van der Waals surface area contributed by atoms with Crippen LogP contribution in [-0.2, 0) is 6.54 Å². The standard InChI is InChI=1S/C16H13ClFNS2/c17-15-8-7-14(21-15)16(13-6-3-9-20-13)19-10-11-4-1-2-5-12(11)18/h1-9,16,19H,10H2. The molecule has 1 N–H and O–H groups in total. The molecule has 5 heteroatoms. The zero-order valence-electron chi connectivity index (χ0n) is 11.1. The van der Waals surface area contributed by atoms with Crippen LogP contribution in [0.4, 0.5) is 4.39 Å². The van der Waals surface area contributed by atoms with Gasteiger partial charge in [-0.2, -0.15) is 0 Å².